The van der Waals surface area contributed by atoms with Gasteiger partial charge in [-0.05, 0) is 96.5 Å². The minimum Gasteiger partial charge on any atom is -0.465 e. The zero-order chi connectivity index (χ0) is 41.7. The van der Waals surface area contributed by atoms with Gasteiger partial charge in [0, 0.05) is 27.2 Å². The fourth-order valence-electron chi connectivity index (χ4n) is 10.7. The van der Waals surface area contributed by atoms with Gasteiger partial charge in [0.15, 0.2) is 0 Å². The lowest BCUT2D eigenvalue weighted by atomic mass is 9.53. The van der Waals surface area contributed by atoms with Crippen molar-refractivity contribution >= 4 is 46.7 Å². The number of ether oxygens (including phenoxy) is 2. The van der Waals surface area contributed by atoms with Crippen LogP contribution in [0.5, 0.6) is 0 Å². The maximum absolute atomic E-state index is 15.9. The van der Waals surface area contributed by atoms with E-state index in [2.05, 4.69) is 29.4 Å². The van der Waals surface area contributed by atoms with E-state index < -0.39 is 47.1 Å². The Hall–Kier alpha value is -4.29. The van der Waals surface area contributed by atoms with Crippen LogP contribution >= 0.6 is 23.2 Å². The molecule has 0 unspecified atom stereocenters. The summed E-state index contributed by atoms with van der Waals surface area (Å²) in [6, 6.07) is 27.1. The summed E-state index contributed by atoms with van der Waals surface area (Å²) in [5, 5.41) is 30.0. The van der Waals surface area contributed by atoms with Gasteiger partial charge in [-0.2, -0.15) is 0 Å². The first-order valence-electron chi connectivity index (χ1n) is 20.4. The predicted molar refractivity (Wildman–Crippen MR) is 226 cm³/mol. The summed E-state index contributed by atoms with van der Waals surface area (Å²) in [6.45, 7) is 4.53. The number of aliphatic hydroxyl groups is 2. The van der Waals surface area contributed by atoms with E-state index in [0.29, 0.717) is 65.9 Å². The molecule has 3 aliphatic heterocycles. The van der Waals surface area contributed by atoms with E-state index in [1.807, 2.05) is 66.7 Å². The predicted octanol–water partition coefficient (Wildman–Crippen LogP) is 7.91. The lowest BCUT2D eigenvalue weighted by molar-refractivity contribution is -0.138. The van der Waals surface area contributed by atoms with Gasteiger partial charge in [-0.3, -0.25) is 14.5 Å². The van der Waals surface area contributed by atoms with E-state index in [1.165, 1.54) is 13.2 Å². The number of esters is 1. The number of nitrogens with one attached hydrogen (secondary N) is 2. The molecule has 10 nitrogen and oxygen atoms in total. The first kappa shape index (κ1) is 41.4. The number of benzene rings is 4. The second kappa shape index (κ2) is 16.3. The first-order chi connectivity index (χ1) is 28.3. The Balaban J connectivity index is 1.47. The van der Waals surface area contributed by atoms with E-state index in [0.717, 1.165) is 5.56 Å². The van der Waals surface area contributed by atoms with Crippen molar-refractivity contribution in [2.24, 2.45) is 5.41 Å². The largest absolute Gasteiger partial charge is 0.465 e. The highest BCUT2D eigenvalue weighted by Crippen LogP contribution is 2.69. The summed E-state index contributed by atoms with van der Waals surface area (Å²) >= 11 is 13.6. The van der Waals surface area contributed by atoms with E-state index in [9.17, 15) is 15.0 Å². The number of amides is 2. The minimum absolute atomic E-state index is 0.0943. The molecule has 8 rings (SSSR count). The van der Waals surface area contributed by atoms with Crippen molar-refractivity contribution in [3.63, 3.8) is 0 Å². The quantitative estimate of drug-likeness (QED) is 0.125. The van der Waals surface area contributed by atoms with E-state index in [4.69, 9.17) is 32.7 Å². The third-order valence-electron chi connectivity index (χ3n) is 13.5. The number of methoxy groups -OCH3 is 1. The number of halogens is 2. The Labute approximate surface area is 355 Å². The maximum Gasteiger partial charge on any atom is 0.337 e. The number of hydrogen-bond acceptors (Lipinski definition) is 8. The molecular weight excluding hydrogens is 789 g/mol. The van der Waals surface area contributed by atoms with Gasteiger partial charge >= 0.3 is 5.97 Å². The molecule has 59 heavy (non-hydrogen) atoms. The highest BCUT2D eigenvalue weighted by atomic mass is 35.5. The molecule has 1 saturated carbocycles. The van der Waals surface area contributed by atoms with E-state index in [-0.39, 0.29) is 47.1 Å². The fraction of sp³-hybridized carbons (Fsp3) is 0.426. The van der Waals surface area contributed by atoms with Crippen molar-refractivity contribution in [2.75, 3.05) is 25.6 Å². The molecule has 2 amide bonds. The number of aliphatic hydroxyl groups excluding tert-OH is 2. The molecule has 0 radical (unpaired) electrons. The molecule has 2 saturated heterocycles. The lowest BCUT2D eigenvalue weighted by Gasteiger charge is -2.56. The van der Waals surface area contributed by atoms with Gasteiger partial charge in [-0.25, -0.2) is 4.79 Å². The molecule has 3 heterocycles. The van der Waals surface area contributed by atoms with Crippen LogP contribution in [-0.4, -0.2) is 76.9 Å². The summed E-state index contributed by atoms with van der Waals surface area (Å²) < 4.78 is 11.2. The zero-order valence-electron chi connectivity index (χ0n) is 33.5. The Morgan fingerprint density at radius 3 is 2.22 bits per heavy atom. The molecule has 3 fully saturated rings. The topological polar surface area (TPSA) is 137 Å². The number of hydrogen-bond donors (Lipinski definition) is 4. The summed E-state index contributed by atoms with van der Waals surface area (Å²) in [4.78, 5) is 47.1. The molecule has 4 aromatic rings. The summed E-state index contributed by atoms with van der Waals surface area (Å²) in [6.07, 6.45) is 2.06. The van der Waals surface area contributed by atoms with Gasteiger partial charge in [0.25, 0.3) is 0 Å². The zero-order valence-corrected chi connectivity index (χ0v) is 35.0. The molecule has 2 spiro atoms. The van der Waals surface area contributed by atoms with Crippen molar-refractivity contribution in [1.29, 1.82) is 0 Å². The van der Waals surface area contributed by atoms with Crippen molar-refractivity contribution in [3.05, 3.63) is 135 Å². The van der Waals surface area contributed by atoms with Crippen LogP contribution in [0.25, 0.3) is 0 Å². The van der Waals surface area contributed by atoms with Gasteiger partial charge in [-0.1, -0.05) is 104 Å². The highest BCUT2D eigenvalue weighted by molar-refractivity contribution is 6.31. The van der Waals surface area contributed by atoms with Crippen molar-refractivity contribution in [1.82, 2.24) is 10.2 Å². The van der Waals surface area contributed by atoms with Crippen LogP contribution in [0.15, 0.2) is 97.1 Å². The average Bonchev–Trinajstić information content (AvgIpc) is 3.67. The molecule has 4 aliphatic rings. The van der Waals surface area contributed by atoms with Crippen LogP contribution in [0, 0.1) is 5.41 Å². The Bertz CT molecular complexity index is 2200. The molecule has 4 aromatic carbocycles. The van der Waals surface area contributed by atoms with Gasteiger partial charge < -0.3 is 30.3 Å². The lowest BCUT2D eigenvalue weighted by Crippen LogP contribution is -2.64. The number of carbonyl (C=O) groups is 3. The SMILES string of the molecule is COC(=O)c1cc(Cl)cc([C@H]2[C@H](C(=O)N[C@@H]3CC[C@@H](CO)OC3)N([C@H](c3ccccc3)[C@@H](O)c3ccccc3)C3(CCC(C)(C)CC3)[C@@]23C(=O)Nc2cc(Cl)ccc23)c1. The molecule has 310 valence electrons. The van der Waals surface area contributed by atoms with Crippen molar-refractivity contribution in [2.45, 2.75) is 99.6 Å². The monoisotopic (exact) mass is 839 g/mol. The Morgan fingerprint density at radius 2 is 1.59 bits per heavy atom. The summed E-state index contributed by atoms with van der Waals surface area (Å²) in [5.41, 5.74) is 0.657. The highest BCUT2D eigenvalue weighted by Gasteiger charge is 2.77. The second-order valence-electron chi connectivity index (χ2n) is 17.4. The van der Waals surface area contributed by atoms with Crippen LogP contribution in [-0.2, 0) is 24.5 Å². The number of likely N-dealkylation sites (tertiary alicyclic amines) is 1. The standard InChI is InChI=1S/C47H51Cl2N3O7/c1-45(2)18-20-46(21-19-45)47(36-17-14-32(48)25-37(36)51-44(47)57)38(30-22-31(43(56)58-3)24-33(49)23-30)40(42(55)50-34-15-16-35(26-53)59-27-34)52(46)39(28-10-6-4-7-11-28)41(54)29-12-8-5-9-13-29/h4-14,17,22-25,34-35,38-41,53-54H,15-16,18-21,26-27H2,1-3H3,(H,50,55)(H,51,57)/t34-,35+,38+,39-,40-,41+,47-/m1/s1. The number of anilines is 1. The molecule has 0 aromatic heterocycles. The summed E-state index contributed by atoms with van der Waals surface area (Å²) in [5.74, 6) is -2.23. The van der Waals surface area contributed by atoms with E-state index in [1.54, 1.807) is 24.3 Å². The van der Waals surface area contributed by atoms with Crippen LogP contribution in [0.4, 0.5) is 5.69 Å². The second-order valence-corrected chi connectivity index (χ2v) is 18.2. The molecule has 0 bridgehead atoms. The number of rotatable bonds is 9. The fourth-order valence-corrected chi connectivity index (χ4v) is 11.1. The smallest absolute Gasteiger partial charge is 0.337 e. The van der Waals surface area contributed by atoms with Crippen molar-refractivity contribution < 1.29 is 34.1 Å². The number of carbonyl (C=O) groups excluding carboxylic acids is 3. The summed E-state index contributed by atoms with van der Waals surface area (Å²) in [7, 11) is 1.30. The molecule has 7 atom stereocenters. The van der Waals surface area contributed by atoms with Crippen LogP contribution < -0.4 is 10.6 Å². The third kappa shape index (κ3) is 7.15. The molecular formula is C47H51Cl2N3O7. The normalized spacial score (nSPS) is 26.9. The van der Waals surface area contributed by atoms with E-state index >= 15 is 9.59 Å². The number of fused-ring (bicyclic) bond motifs is 3. The first-order valence-corrected chi connectivity index (χ1v) is 21.2. The van der Waals surface area contributed by atoms with Gasteiger partial charge in [0.2, 0.25) is 11.8 Å². The van der Waals surface area contributed by atoms with Gasteiger partial charge in [0.05, 0.1) is 56.2 Å². The Kier molecular flexibility index (Phi) is 11.4. The van der Waals surface area contributed by atoms with Gasteiger partial charge in [0.1, 0.15) is 5.41 Å². The Morgan fingerprint density at radius 1 is 0.915 bits per heavy atom. The number of nitrogens with zero attached hydrogens (tertiary/aromatic N) is 1. The molecule has 4 N–H and O–H groups in total. The van der Waals surface area contributed by atoms with Crippen LogP contribution in [0.1, 0.15) is 103 Å². The van der Waals surface area contributed by atoms with Crippen LogP contribution in [0.3, 0.4) is 0 Å². The molecule has 1 aliphatic carbocycles. The minimum atomic E-state index is -1.47. The maximum atomic E-state index is 15.9. The molecule has 12 heteroatoms. The third-order valence-corrected chi connectivity index (χ3v) is 14.0. The van der Waals surface area contributed by atoms with Gasteiger partial charge in [-0.15, -0.1) is 0 Å². The average molecular weight is 841 g/mol. The van der Waals surface area contributed by atoms with Crippen LogP contribution in [0.2, 0.25) is 10.0 Å². The van der Waals surface area contributed by atoms with Crippen molar-refractivity contribution in [3.8, 4) is 0 Å².